The van der Waals surface area contributed by atoms with Gasteiger partial charge < -0.3 is 5.32 Å². The Labute approximate surface area is 101 Å². The number of benzene rings is 1. The van der Waals surface area contributed by atoms with Gasteiger partial charge in [0.05, 0.1) is 0 Å². The van der Waals surface area contributed by atoms with E-state index in [2.05, 4.69) is 66.3 Å². The summed E-state index contributed by atoms with van der Waals surface area (Å²) in [6.07, 6.45) is 2.20. The molecule has 1 rings (SSSR count). The van der Waals surface area contributed by atoms with E-state index in [-0.39, 0.29) is 0 Å². The fourth-order valence-electron chi connectivity index (χ4n) is 1.33. The second kappa shape index (κ2) is 6.09. The quantitative estimate of drug-likeness (QED) is 0.812. The normalized spacial score (nSPS) is 12.3. The molecule has 0 bridgehead atoms. The van der Waals surface area contributed by atoms with E-state index in [1.165, 1.54) is 11.1 Å². The van der Waals surface area contributed by atoms with Crippen LogP contribution in [0.15, 0.2) is 40.4 Å². The summed E-state index contributed by atoms with van der Waals surface area (Å²) >= 11 is 3.48. The highest BCUT2D eigenvalue weighted by molar-refractivity contribution is 9.10. The van der Waals surface area contributed by atoms with Gasteiger partial charge in [0.1, 0.15) is 0 Å². The molecule has 0 aliphatic carbocycles. The molecule has 0 unspecified atom stereocenters. The van der Waals surface area contributed by atoms with Crippen molar-refractivity contribution in [3.8, 4) is 0 Å². The summed E-state index contributed by atoms with van der Waals surface area (Å²) in [7, 11) is 0. The highest BCUT2D eigenvalue weighted by atomic mass is 79.9. The van der Waals surface area contributed by atoms with E-state index in [9.17, 15) is 0 Å². The van der Waals surface area contributed by atoms with E-state index >= 15 is 0 Å². The minimum absolute atomic E-state index is 0.387. The van der Waals surface area contributed by atoms with Crippen molar-refractivity contribution in [2.75, 3.05) is 6.54 Å². The average Bonchev–Trinajstić information content (AvgIpc) is 2.17. The Morgan fingerprint density at radius 2 is 2.20 bits per heavy atom. The average molecular weight is 268 g/mol. The molecule has 15 heavy (non-hydrogen) atoms. The first-order valence-electron chi connectivity index (χ1n) is 5.22. The van der Waals surface area contributed by atoms with E-state index < -0.39 is 0 Å². The molecule has 1 nitrogen and oxygen atoms in total. The summed E-state index contributed by atoms with van der Waals surface area (Å²) in [5, 5.41) is 3.46. The molecular weight excluding hydrogens is 250 g/mol. The first kappa shape index (κ1) is 12.5. The summed E-state index contributed by atoms with van der Waals surface area (Å²) in [5.74, 6) is 0. The molecule has 1 N–H and O–H groups in total. The Balaban J connectivity index is 2.54. The summed E-state index contributed by atoms with van der Waals surface area (Å²) < 4.78 is 1.14. The van der Waals surface area contributed by atoms with E-state index in [0.717, 1.165) is 11.0 Å². The van der Waals surface area contributed by atoms with Gasteiger partial charge in [0, 0.05) is 17.1 Å². The van der Waals surface area contributed by atoms with Gasteiger partial charge in [-0.25, -0.2) is 0 Å². The lowest BCUT2D eigenvalue weighted by Crippen LogP contribution is -2.18. The summed E-state index contributed by atoms with van der Waals surface area (Å²) in [6.45, 7) is 7.34. The zero-order valence-electron chi connectivity index (χ0n) is 9.55. The van der Waals surface area contributed by atoms with Gasteiger partial charge in [-0.1, -0.05) is 39.7 Å². The Bertz CT molecular complexity index is 340. The standard InChI is InChI=1S/C13H18BrN/c1-10(2)7-8-15-11(3)12-5-4-6-13(14)9-12/h4-7,9,11,15H,8H2,1-3H3/t11-/m1/s1. The lowest BCUT2D eigenvalue weighted by Gasteiger charge is -2.13. The maximum atomic E-state index is 3.48. The van der Waals surface area contributed by atoms with Crippen LogP contribution in [-0.2, 0) is 0 Å². The van der Waals surface area contributed by atoms with E-state index in [1.54, 1.807) is 0 Å². The highest BCUT2D eigenvalue weighted by Gasteiger charge is 2.03. The molecule has 0 fully saturated rings. The molecule has 0 saturated heterocycles. The number of nitrogens with one attached hydrogen (secondary N) is 1. The smallest absolute Gasteiger partial charge is 0.0295 e. The van der Waals surface area contributed by atoms with Crippen molar-refractivity contribution in [1.82, 2.24) is 5.32 Å². The lowest BCUT2D eigenvalue weighted by molar-refractivity contribution is 0.616. The third kappa shape index (κ3) is 4.63. The van der Waals surface area contributed by atoms with Crippen molar-refractivity contribution < 1.29 is 0 Å². The molecule has 0 aromatic heterocycles. The van der Waals surface area contributed by atoms with Gasteiger partial charge in [-0.2, -0.15) is 0 Å². The van der Waals surface area contributed by atoms with Gasteiger partial charge in [0.25, 0.3) is 0 Å². The maximum Gasteiger partial charge on any atom is 0.0295 e. The fraction of sp³-hybridized carbons (Fsp3) is 0.385. The van der Waals surface area contributed by atoms with Crippen molar-refractivity contribution in [3.05, 3.63) is 46.0 Å². The molecule has 1 atom stereocenters. The molecule has 2 heteroatoms. The topological polar surface area (TPSA) is 12.0 Å². The second-order valence-corrected chi connectivity index (χ2v) is 4.88. The molecule has 1 aromatic rings. The number of allylic oxidation sites excluding steroid dienone is 1. The van der Waals surface area contributed by atoms with Crippen molar-refractivity contribution in [3.63, 3.8) is 0 Å². The number of hydrogen-bond acceptors (Lipinski definition) is 1. The van der Waals surface area contributed by atoms with E-state index in [4.69, 9.17) is 0 Å². The molecule has 0 aliphatic rings. The highest BCUT2D eigenvalue weighted by Crippen LogP contribution is 2.17. The number of rotatable bonds is 4. The zero-order chi connectivity index (χ0) is 11.3. The van der Waals surface area contributed by atoms with Crippen LogP contribution < -0.4 is 5.32 Å². The number of hydrogen-bond donors (Lipinski definition) is 1. The van der Waals surface area contributed by atoms with Crippen LogP contribution >= 0.6 is 15.9 Å². The minimum atomic E-state index is 0.387. The van der Waals surface area contributed by atoms with Gasteiger partial charge >= 0.3 is 0 Å². The summed E-state index contributed by atoms with van der Waals surface area (Å²) in [4.78, 5) is 0. The van der Waals surface area contributed by atoms with Gasteiger partial charge in [-0.05, 0) is 38.5 Å². The van der Waals surface area contributed by atoms with Gasteiger partial charge in [0.2, 0.25) is 0 Å². The molecular formula is C13H18BrN. The summed E-state index contributed by atoms with van der Waals surface area (Å²) in [6, 6.07) is 8.80. The summed E-state index contributed by atoms with van der Waals surface area (Å²) in [5.41, 5.74) is 2.66. The van der Waals surface area contributed by atoms with Crippen LogP contribution in [0.1, 0.15) is 32.4 Å². The molecule has 0 aliphatic heterocycles. The Morgan fingerprint density at radius 3 is 2.80 bits per heavy atom. The molecule has 1 aromatic carbocycles. The van der Waals surface area contributed by atoms with Crippen molar-refractivity contribution in [2.24, 2.45) is 0 Å². The van der Waals surface area contributed by atoms with Gasteiger partial charge in [-0.15, -0.1) is 0 Å². The minimum Gasteiger partial charge on any atom is -0.307 e. The molecule has 0 saturated carbocycles. The van der Waals surface area contributed by atoms with Crippen LogP contribution in [0.4, 0.5) is 0 Å². The monoisotopic (exact) mass is 267 g/mol. The SMILES string of the molecule is CC(C)=CCN[C@H](C)c1cccc(Br)c1. The second-order valence-electron chi connectivity index (χ2n) is 3.97. The Kier molecular flexibility index (Phi) is 5.06. The number of halogens is 1. The Morgan fingerprint density at radius 1 is 1.47 bits per heavy atom. The predicted molar refractivity (Wildman–Crippen MR) is 70.0 cm³/mol. The van der Waals surface area contributed by atoms with Crippen molar-refractivity contribution in [2.45, 2.75) is 26.8 Å². The third-order valence-electron chi connectivity index (χ3n) is 2.28. The molecule has 82 valence electrons. The van der Waals surface area contributed by atoms with Crippen LogP contribution in [0.25, 0.3) is 0 Å². The third-order valence-corrected chi connectivity index (χ3v) is 2.78. The van der Waals surface area contributed by atoms with Gasteiger partial charge in [0.15, 0.2) is 0 Å². The van der Waals surface area contributed by atoms with Crippen molar-refractivity contribution in [1.29, 1.82) is 0 Å². The van der Waals surface area contributed by atoms with Crippen LogP contribution in [-0.4, -0.2) is 6.54 Å². The van der Waals surface area contributed by atoms with Crippen molar-refractivity contribution >= 4 is 15.9 Å². The lowest BCUT2D eigenvalue weighted by atomic mass is 10.1. The molecule has 0 radical (unpaired) electrons. The first-order chi connectivity index (χ1) is 7.09. The fourth-order valence-corrected chi connectivity index (χ4v) is 1.75. The predicted octanol–water partition coefficient (Wildman–Crippen LogP) is 4.07. The molecule has 0 heterocycles. The maximum absolute atomic E-state index is 3.48. The molecule has 0 spiro atoms. The largest absolute Gasteiger partial charge is 0.307 e. The van der Waals surface area contributed by atoms with E-state index in [1.807, 2.05) is 6.07 Å². The first-order valence-corrected chi connectivity index (χ1v) is 6.01. The van der Waals surface area contributed by atoms with Crippen LogP contribution in [0.5, 0.6) is 0 Å². The van der Waals surface area contributed by atoms with Crippen LogP contribution in [0, 0.1) is 0 Å². The van der Waals surface area contributed by atoms with E-state index in [0.29, 0.717) is 6.04 Å². The van der Waals surface area contributed by atoms with Gasteiger partial charge in [-0.3, -0.25) is 0 Å². The molecule has 0 amide bonds. The Hall–Kier alpha value is -0.600. The van der Waals surface area contributed by atoms with Crippen LogP contribution in [0.2, 0.25) is 0 Å². The zero-order valence-corrected chi connectivity index (χ0v) is 11.1. The van der Waals surface area contributed by atoms with Crippen LogP contribution in [0.3, 0.4) is 0 Å².